The van der Waals surface area contributed by atoms with Crippen molar-refractivity contribution in [1.82, 2.24) is 9.97 Å². The molecule has 1 aromatic carbocycles. The minimum Gasteiger partial charge on any atom is -0.494 e. The molecule has 0 aliphatic carbocycles. The lowest BCUT2D eigenvalue weighted by Gasteiger charge is -2.13. The maximum atomic E-state index is 14.1. The molecular weight excluding hydrogens is 306 g/mol. The van der Waals surface area contributed by atoms with E-state index in [0.717, 1.165) is 0 Å². The number of rotatable bonds is 4. The van der Waals surface area contributed by atoms with Crippen LogP contribution in [0.15, 0.2) is 18.5 Å². The molecule has 1 heterocycles. The van der Waals surface area contributed by atoms with Gasteiger partial charge in [-0.25, -0.2) is 14.4 Å². The van der Waals surface area contributed by atoms with E-state index in [1.54, 1.807) is 6.92 Å². The van der Waals surface area contributed by atoms with Gasteiger partial charge in [0.05, 0.1) is 24.5 Å². The maximum Gasteiger partial charge on any atom is 0.222 e. The Morgan fingerprint density at radius 1 is 1.25 bits per heavy atom. The van der Waals surface area contributed by atoms with Gasteiger partial charge in [-0.15, -0.1) is 0 Å². The van der Waals surface area contributed by atoms with Crippen molar-refractivity contribution >= 4 is 23.2 Å². The molecule has 2 aromatic rings. The fourth-order valence-electron chi connectivity index (χ4n) is 1.61. The fraction of sp³-hybridized carbons (Fsp3) is 0.231. The molecule has 0 N–H and O–H groups in total. The molecule has 0 aliphatic rings. The molecular formula is C13H11Cl2FN2O2. The van der Waals surface area contributed by atoms with Crippen LogP contribution in [0.1, 0.15) is 11.1 Å². The van der Waals surface area contributed by atoms with Crippen LogP contribution in [-0.2, 0) is 6.61 Å². The van der Waals surface area contributed by atoms with Crippen LogP contribution < -0.4 is 9.47 Å². The summed E-state index contributed by atoms with van der Waals surface area (Å²) in [7, 11) is 1.39. The maximum absolute atomic E-state index is 14.1. The number of hydrogen-bond donors (Lipinski definition) is 0. The second-order valence-electron chi connectivity index (χ2n) is 3.98. The third-order valence-corrected chi connectivity index (χ3v) is 3.36. The van der Waals surface area contributed by atoms with Gasteiger partial charge in [-0.2, -0.15) is 0 Å². The average molecular weight is 317 g/mol. The molecule has 0 radical (unpaired) electrons. The van der Waals surface area contributed by atoms with E-state index in [4.69, 9.17) is 32.7 Å². The average Bonchev–Trinajstić information content (AvgIpc) is 2.44. The van der Waals surface area contributed by atoms with Crippen LogP contribution in [0.3, 0.4) is 0 Å². The van der Waals surface area contributed by atoms with E-state index in [1.165, 1.54) is 25.6 Å². The lowest BCUT2D eigenvalue weighted by atomic mass is 10.1. The van der Waals surface area contributed by atoms with Crippen molar-refractivity contribution in [2.45, 2.75) is 13.5 Å². The van der Waals surface area contributed by atoms with Crippen LogP contribution in [0.25, 0.3) is 0 Å². The normalized spacial score (nSPS) is 10.4. The number of nitrogens with zero attached hydrogens (tertiary/aromatic N) is 2. The van der Waals surface area contributed by atoms with Crippen molar-refractivity contribution in [1.29, 1.82) is 0 Å². The Morgan fingerprint density at radius 3 is 2.50 bits per heavy atom. The molecule has 4 nitrogen and oxygen atoms in total. The van der Waals surface area contributed by atoms with E-state index in [2.05, 4.69) is 9.97 Å². The third-order valence-electron chi connectivity index (χ3n) is 2.64. The first kappa shape index (κ1) is 14.8. The van der Waals surface area contributed by atoms with Gasteiger partial charge in [-0.05, 0) is 30.2 Å². The molecule has 0 unspecified atom stereocenters. The lowest BCUT2D eigenvalue weighted by Crippen LogP contribution is -2.03. The quantitative estimate of drug-likeness (QED) is 0.804. The number of halogens is 3. The molecule has 106 valence electrons. The summed E-state index contributed by atoms with van der Waals surface area (Å²) in [5, 5.41) is 0.414. The minimum absolute atomic E-state index is 0.0618. The Kier molecular flexibility index (Phi) is 4.62. The zero-order chi connectivity index (χ0) is 14.7. The monoisotopic (exact) mass is 316 g/mol. The Hall–Kier alpha value is -1.59. The number of aryl methyl sites for hydroxylation is 1. The van der Waals surface area contributed by atoms with E-state index in [1.807, 2.05) is 0 Å². The highest BCUT2D eigenvalue weighted by Crippen LogP contribution is 2.31. The molecule has 0 saturated heterocycles. The topological polar surface area (TPSA) is 44.2 Å². The number of hydrogen-bond acceptors (Lipinski definition) is 4. The minimum atomic E-state index is -0.544. The van der Waals surface area contributed by atoms with Gasteiger partial charge < -0.3 is 9.47 Å². The first-order valence-electron chi connectivity index (χ1n) is 5.64. The molecule has 0 bridgehead atoms. The molecule has 1 aromatic heterocycles. The zero-order valence-corrected chi connectivity index (χ0v) is 12.3. The summed E-state index contributed by atoms with van der Waals surface area (Å²) in [4.78, 5) is 7.53. The Labute approximate surface area is 125 Å². The van der Waals surface area contributed by atoms with Crippen LogP contribution in [-0.4, -0.2) is 17.1 Å². The molecule has 0 fully saturated rings. The first-order chi connectivity index (χ1) is 9.52. The van der Waals surface area contributed by atoms with Crippen LogP contribution in [0.2, 0.25) is 10.3 Å². The first-order valence-corrected chi connectivity index (χ1v) is 6.40. The Bertz CT molecular complexity index is 621. The van der Waals surface area contributed by atoms with E-state index in [-0.39, 0.29) is 23.2 Å². The van der Waals surface area contributed by atoms with Crippen LogP contribution in [0, 0.1) is 12.7 Å². The van der Waals surface area contributed by atoms with Crippen LogP contribution >= 0.6 is 23.2 Å². The molecule has 0 saturated carbocycles. The molecule has 7 heteroatoms. The molecule has 20 heavy (non-hydrogen) atoms. The van der Waals surface area contributed by atoms with Gasteiger partial charge in [0, 0.05) is 5.56 Å². The summed E-state index contributed by atoms with van der Waals surface area (Å²) >= 11 is 11.7. The van der Waals surface area contributed by atoms with E-state index in [9.17, 15) is 4.39 Å². The van der Waals surface area contributed by atoms with Gasteiger partial charge in [0.25, 0.3) is 0 Å². The zero-order valence-electron chi connectivity index (χ0n) is 10.8. The summed E-state index contributed by atoms with van der Waals surface area (Å²) in [6.07, 6.45) is 2.79. The van der Waals surface area contributed by atoms with Crippen molar-refractivity contribution in [3.63, 3.8) is 0 Å². The smallest absolute Gasteiger partial charge is 0.222 e. The molecule has 0 atom stereocenters. The molecule has 0 amide bonds. The summed E-state index contributed by atoms with van der Waals surface area (Å²) in [6, 6.07) is 1.53. The van der Waals surface area contributed by atoms with E-state index < -0.39 is 5.82 Å². The van der Waals surface area contributed by atoms with Crippen molar-refractivity contribution in [2.75, 3.05) is 7.11 Å². The Balaban J connectivity index is 2.24. The summed E-state index contributed by atoms with van der Waals surface area (Å²) in [5.74, 6) is -0.0545. The molecule has 0 spiro atoms. The van der Waals surface area contributed by atoms with Crippen LogP contribution in [0.5, 0.6) is 11.5 Å². The molecule has 0 aliphatic heterocycles. The van der Waals surface area contributed by atoms with Gasteiger partial charge in [-0.3, -0.25) is 0 Å². The van der Waals surface area contributed by atoms with Gasteiger partial charge in [0.1, 0.15) is 6.61 Å². The lowest BCUT2D eigenvalue weighted by molar-refractivity contribution is 0.293. The van der Waals surface area contributed by atoms with Crippen LogP contribution in [0.4, 0.5) is 4.39 Å². The van der Waals surface area contributed by atoms with Gasteiger partial charge >= 0.3 is 0 Å². The number of benzene rings is 1. The number of aromatic nitrogens is 2. The van der Waals surface area contributed by atoms with E-state index in [0.29, 0.717) is 16.3 Å². The van der Waals surface area contributed by atoms with Crippen molar-refractivity contribution in [3.8, 4) is 11.5 Å². The van der Waals surface area contributed by atoms with Gasteiger partial charge in [0.2, 0.25) is 5.28 Å². The van der Waals surface area contributed by atoms with Crippen molar-refractivity contribution < 1.29 is 13.9 Å². The summed E-state index contributed by atoms with van der Waals surface area (Å²) in [5.41, 5.74) is 0.925. The Morgan fingerprint density at radius 2 is 1.90 bits per heavy atom. The largest absolute Gasteiger partial charge is 0.494 e. The highest BCUT2D eigenvalue weighted by atomic mass is 35.5. The van der Waals surface area contributed by atoms with Gasteiger partial charge in [0.15, 0.2) is 17.3 Å². The second kappa shape index (κ2) is 6.24. The summed E-state index contributed by atoms with van der Waals surface area (Å²) in [6.45, 7) is 1.70. The second-order valence-corrected chi connectivity index (χ2v) is 4.69. The fourth-order valence-corrected chi connectivity index (χ4v) is 1.90. The number of ether oxygens (including phenoxy) is 2. The van der Waals surface area contributed by atoms with Crippen molar-refractivity contribution in [3.05, 3.63) is 45.7 Å². The van der Waals surface area contributed by atoms with E-state index >= 15 is 0 Å². The SMILES string of the molecule is COc1cc(C)c(Cl)c(COc2cnc(Cl)nc2)c1F. The molecule has 2 rings (SSSR count). The predicted molar refractivity (Wildman–Crippen MR) is 74.1 cm³/mol. The number of methoxy groups -OCH3 is 1. The predicted octanol–water partition coefficient (Wildman–Crippen LogP) is 3.82. The third kappa shape index (κ3) is 3.11. The van der Waals surface area contributed by atoms with Crippen molar-refractivity contribution in [2.24, 2.45) is 0 Å². The highest BCUT2D eigenvalue weighted by molar-refractivity contribution is 6.32. The standard InChI is InChI=1S/C13H11Cl2FN2O2/c1-7-3-10(19-2)12(16)9(11(7)14)6-20-8-4-17-13(15)18-5-8/h3-5H,6H2,1-2H3. The summed E-state index contributed by atoms with van der Waals surface area (Å²) < 4.78 is 24.5. The highest BCUT2D eigenvalue weighted by Gasteiger charge is 2.16. The van der Waals surface area contributed by atoms with Gasteiger partial charge in [-0.1, -0.05) is 11.6 Å².